The van der Waals surface area contributed by atoms with Gasteiger partial charge in [-0.05, 0) is 30.9 Å². The number of carbonyl (C=O) groups excluding carboxylic acids is 1. The predicted octanol–water partition coefficient (Wildman–Crippen LogP) is 2.27. The molecule has 1 heterocycles. The van der Waals surface area contributed by atoms with Crippen LogP contribution in [0.3, 0.4) is 0 Å². The molecule has 5 heteroatoms. The Labute approximate surface area is 110 Å². The smallest absolute Gasteiger partial charge is 0.255 e. The van der Waals surface area contributed by atoms with Crippen LogP contribution in [-0.4, -0.2) is 41.4 Å². The van der Waals surface area contributed by atoms with Crippen LogP contribution in [0.4, 0.5) is 0 Å². The predicted molar refractivity (Wildman–Crippen MR) is 69.8 cm³/mol. The average molecular weight is 272 g/mol. The number of halogens is 1. The quantitative estimate of drug-likeness (QED) is 0.839. The minimum absolute atomic E-state index is 0.0950. The van der Waals surface area contributed by atoms with Crippen LogP contribution in [0.15, 0.2) is 23.1 Å². The fraction of sp³-hybridized carbons (Fsp3) is 0.417. The van der Waals surface area contributed by atoms with Crippen LogP contribution in [0.5, 0.6) is 0 Å². The van der Waals surface area contributed by atoms with Crippen molar-refractivity contribution < 1.29 is 9.90 Å². The summed E-state index contributed by atoms with van der Waals surface area (Å²) in [6.07, 6.45) is 2.20. The minimum Gasteiger partial charge on any atom is -0.391 e. The molecule has 1 fully saturated rings. The first-order chi connectivity index (χ1) is 8.11. The van der Waals surface area contributed by atoms with Gasteiger partial charge >= 0.3 is 0 Å². The molecule has 1 aliphatic rings. The maximum absolute atomic E-state index is 12.2. The lowest BCUT2D eigenvalue weighted by atomic mass is 10.2. The fourth-order valence-electron chi connectivity index (χ4n) is 1.89. The maximum Gasteiger partial charge on any atom is 0.255 e. The van der Waals surface area contributed by atoms with Gasteiger partial charge in [-0.3, -0.25) is 4.79 Å². The largest absolute Gasteiger partial charge is 0.391 e. The number of hydrogen-bond acceptors (Lipinski definition) is 3. The van der Waals surface area contributed by atoms with Crippen molar-refractivity contribution in [3.05, 3.63) is 28.8 Å². The standard InChI is InChI=1S/C12H14ClNO2S/c1-17-9-2-3-11(13)10(6-9)12(16)14-5-4-8(15)7-14/h2-3,6,8,15H,4-5,7H2,1H3/t8-/m1/s1. The molecule has 92 valence electrons. The molecule has 1 saturated heterocycles. The number of likely N-dealkylation sites (tertiary alicyclic amines) is 1. The third kappa shape index (κ3) is 2.76. The molecule has 0 spiro atoms. The summed E-state index contributed by atoms with van der Waals surface area (Å²) in [6.45, 7) is 0.998. The Balaban J connectivity index is 2.24. The first kappa shape index (κ1) is 12.7. The molecular weight excluding hydrogens is 258 g/mol. The second kappa shape index (κ2) is 5.29. The van der Waals surface area contributed by atoms with Crippen molar-refractivity contribution >= 4 is 29.3 Å². The molecule has 0 unspecified atom stereocenters. The van der Waals surface area contributed by atoms with E-state index in [1.54, 1.807) is 28.8 Å². The number of aliphatic hydroxyl groups excluding tert-OH is 1. The van der Waals surface area contributed by atoms with Crippen LogP contribution in [0.25, 0.3) is 0 Å². The molecule has 17 heavy (non-hydrogen) atoms. The molecule has 0 bridgehead atoms. The highest BCUT2D eigenvalue weighted by atomic mass is 35.5. The van der Waals surface area contributed by atoms with E-state index in [2.05, 4.69) is 0 Å². The van der Waals surface area contributed by atoms with E-state index in [9.17, 15) is 9.90 Å². The second-order valence-corrected chi connectivity index (χ2v) is 5.33. The fourth-order valence-corrected chi connectivity index (χ4v) is 2.53. The lowest BCUT2D eigenvalue weighted by molar-refractivity contribution is 0.0765. The van der Waals surface area contributed by atoms with Gasteiger partial charge in [-0.1, -0.05) is 11.6 Å². The Morgan fingerprint density at radius 2 is 2.35 bits per heavy atom. The number of amides is 1. The van der Waals surface area contributed by atoms with Crippen molar-refractivity contribution in [1.82, 2.24) is 4.90 Å². The Kier molecular flexibility index (Phi) is 3.97. The highest BCUT2D eigenvalue weighted by Gasteiger charge is 2.26. The second-order valence-electron chi connectivity index (χ2n) is 4.04. The Morgan fingerprint density at radius 1 is 1.59 bits per heavy atom. The van der Waals surface area contributed by atoms with E-state index in [0.29, 0.717) is 30.1 Å². The summed E-state index contributed by atoms with van der Waals surface area (Å²) in [5, 5.41) is 9.90. The van der Waals surface area contributed by atoms with Gasteiger partial charge in [0.05, 0.1) is 16.7 Å². The van der Waals surface area contributed by atoms with Crippen molar-refractivity contribution in [2.24, 2.45) is 0 Å². The van der Waals surface area contributed by atoms with E-state index in [-0.39, 0.29) is 5.91 Å². The van der Waals surface area contributed by atoms with Gasteiger partial charge in [0.1, 0.15) is 0 Å². The summed E-state index contributed by atoms with van der Waals surface area (Å²) < 4.78 is 0. The summed E-state index contributed by atoms with van der Waals surface area (Å²) in [5.74, 6) is -0.0950. The van der Waals surface area contributed by atoms with Crippen LogP contribution >= 0.6 is 23.4 Å². The van der Waals surface area contributed by atoms with E-state index in [4.69, 9.17) is 11.6 Å². The first-order valence-electron chi connectivity index (χ1n) is 5.42. The van der Waals surface area contributed by atoms with E-state index in [1.807, 2.05) is 12.3 Å². The first-order valence-corrected chi connectivity index (χ1v) is 7.03. The highest BCUT2D eigenvalue weighted by Crippen LogP contribution is 2.25. The zero-order valence-electron chi connectivity index (χ0n) is 9.52. The van der Waals surface area contributed by atoms with Crippen LogP contribution in [-0.2, 0) is 0 Å². The van der Waals surface area contributed by atoms with Crippen LogP contribution < -0.4 is 0 Å². The summed E-state index contributed by atoms with van der Waals surface area (Å²) in [7, 11) is 0. The average Bonchev–Trinajstić information content (AvgIpc) is 2.76. The number of rotatable bonds is 2. The normalized spacial score (nSPS) is 19.7. The zero-order chi connectivity index (χ0) is 12.4. The minimum atomic E-state index is -0.401. The van der Waals surface area contributed by atoms with Gasteiger partial charge in [0.15, 0.2) is 0 Å². The summed E-state index contributed by atoms with van der Waals surface area (Å²) in [4.78, 5) is 14.9. The number of thioether (sulfide) groups is 1. The third-order valence-electron chi connectivity index (χ3n) is 2.85. The van der Waals surface area contributed by atoms with Gasteiger partial charge in [0.2, 0.25) is 0 Å². The van der Waals surface area contributed by atoms with Gasteiger partial charge in [-0.15, -0.1) is 11.8 Å². The molecule has 1 aromatic rings. The molecule has 1 amide bonds. The third-order valence-corrected chi connectivity index (χ3v) is 3.91. The Bertz CT molecular complexity index is 439. The van der Waals surface area contributed by atoms with Gasteiger partial charge in [0.25, 0.3) is 5.91 Å². The zero-order valence-corrected chi connectivity index (χ0v) is 11.1. The van der Waals surface area contributed by atoms with Crippen molar-refractivity contribution in [3.8, 4) is 0 Å². The SMILES string of the molecule is CSc1ccc(Cl)c(C(=O)N2CC[C@@H](O)C2)c1. The molecule has 1 aromatic carbocycles. The van der Waals surface area contributed by atoms with Crippen LogP contribution in [0.2, 0.25) is 5.02 Å². The van der Waals surface area contributed by atoms with Gasteiger partial charge in [-0.25, -0.2) is 0 Å². The molecule has 0 radical (unpaired) electrons. The number of carbonyl (C=O) groups is 1. The number of hydrogen-bond donors (Lipinski definition) is 1. The molecule has 2 rings (SSSR count). The Morgan fingerprint density at radius 3 is 2.94 bits per heavy atom. The van der Waals surface area contributed by atoms with Crippen LogP contribution in [0, 0.1) is 0 Å². The number of nitrogens with zero attached hydrogens (tertiary/aromatic N) is 1. The number of aliphatic hydroxyl groups is 1. The van der Waals surface area contributed by atoms with Crippen molar-refractivity contribution in [3.63, 3.8) is 0 Å². The monoisotopic (exact) mass is 271 g/mol. The molecule has 1 atom stereocenters. The van der Waals surface area contributed by atoms with Crippen molar-refractivity contribution in [1.29, 1.82) is 0 Å². The van der Waals surface area contributed by atoms with E-state index >= 15 is 0 Å². The lowest BCUT2D eigenvalue weighted by Gasteiger charge is -2.16. The summed E-state index contributed by atoms with van der Waals surface area (Å²) in [5.41, 5.74) is 0.521. The molecule has 1 aliphatic heterocycles. The van der Waals surface area contributed by atoms with E-state index in [0.717, 1.165) is 4.90 Å². The van der Waals surface area contributed by atoms with Crippen LogP contribution in [0.1, 0.15) is 16.8 Å². The highest BCUT2D eigenvalue weighted by molar-refractivity contribution is 7.98. The molecule has 3 nitrogen and oxygen atoms in total. The Hall–Kier alpha value is -0.710. The lowest BCUT2D eigenvalue weighted by Crippen LogP contribution is -2.29. The van der Waals surface area contributed by atoms with E-state index in [1.165, 1.54) is 0 Å². The van der Waals surface area contributed by atoms with Gasteiger partial charge < -0.3 is 10.0 Å². The topological polar surface area (TPSA) is 40.5 Å². The van der Waals surface area contributed by atoms with Gasteiger partial charge in [-0.2, -0.15) is 0 Å². The van der Waals surface area contributed by atoms with E-state index < -0.39 is 6.10 Å². The summed E-state index contributed by atoms with van der Waals surface area (Å²) in [6, 6.07) is 5.44. The molecule has 0 aliphatic carbocycles. The molecule has 0 aromatic heterocycles. The number of benzene rings is 1. The van der Waals surface area contributed by atoms with Crippen molar-refractivity contribution in [2.75, 3.05) is 19.3 Å². The van der Waals surface area contributed by atoms with Crippen molar-refractivity contribution in [2.45, 2.75) is 17.4 Å². The molecule has 0 saturated carbocycles. The van der Waals surface area contributed by atoms with Gasteiger partial charge in [0, 0.05) is 18.0 Å². The number of β-amino-alcohol motifs (C(OH)–C–C–N with tert-alkyl or cyclic N) is 1. The molecular formula is C12H14ClNO2S. The summed E-state index contributed by atoms with van der Waals surface area (Å²) >= 11 is 7.62. The maximum atomic E-state index is 12.2. The molecule has 1 N–H and O–H groups in total.